The van der Waals surface area contributed by atoms with E-state index >= 15 is 0 Å². The molecule has 1 saturated heterocycles. The molecule has 3 nitrogen and oxygen atoms in total. The van der Waals surface area contributed by atoms with Gasteiger partial charge in [-0.1, -0.05) is 13.3 Å². The highest BCUT2D eigenvalue weighted by molar-refractivity contribution is 4.82. The van der Waals surface area contributed by atoms with Crippen LogP contribution in [-0.2, 0) is 0 Å². The van der Waals surface area contributed by atoms with E-state index in [-0.39, 0.29) is 6.10 Å². The zero-order valence-electron chi connectivity index (χ0n) is 8.79. The Bertz CT molecular complexity index is 141. The molecule has 0 bridgehead atoms. The highest BCUT2D eigenvalue weighted by atomic mass is 16.3. The summed E-state index contributed by atoms with van der Waals surface area (Å²) in [5.74, 6) is 0. The van der Waals surface area contributed by atoms with E-state index in [1.165, 1.54) is 19.4 Å². The molecule has 0 spiro atoms. The number of rotatable bonds is 5. The van der Waals surface area contributed by atoms with Crippen molar-refractivity contribution in [3.63, 3.8) is 0 Å². The number of unbranched alkanes of at least 4 members (excludes halogenated alkanes) is 1. The number of likely N-dealkylation sites (N-methyl/N-ethyl adjacent to an activating group) is 1. The Morgan fingerprint density at radius 3 is 2.85 bits per heavy atom. The Labute approximate surface area is 81.1 Å². The summed E-state index contributed by atoms with van der Waals surface area (Å²) in [7, 11) is 2.15. The van der Waals surface area contributed by atoms with Gasteiger partial charge in [0, 0.05) is 19.1 Å². The van der Waals surface area contributed by atoms with Crippen LogP contribution in [0.1, 0.15) is 26.2 Å². The average Bonchev–Trinajstić information content (AvgIpc) is 2.48. The quantitative estimate of drug-likeness (QED) is 0.654. The van der Waals surface area contributed by atoms with E-state index in [2.05, 4.69) is 24.2 Å². The molecule has 0 amide bonds. The van der Waals surface area contributed by atoms with E-state index in [0.717, 1.165) is 19.5 Å². The molecule has 1 fully saturated rings. The van der Waals surface area contributed by atoms with Crippen molar-refractivity contribution in [3.8, 4) is 0 Å². The fraction of sp³-hybridized carbons (Fsp3) is 1.00. The molecular weight excluding hydrogens is 164 g/mol. The van der Waals surface area contributed by atoms with Gasteiger partial charge in [0.25, 0.3) is 0 Å². The smallest absolute Gasteiger partial charge is 0.0680 e. The fourth-order valence-electron chi connectivity index (χ4n) is 1.83. The third-order valence-electron chi connectivity index (χ3n) is 2.62. The third-order valence-corrected chi connectivity index (χ3v) is 2.62. The maximum absolute atomic E-state index is 9.31. The minimum absolute atomic E-state index is 0.121. The van der Waals surface area contributed by atoms with Crippen LogP contribution in [0.5, 0.6) is 0 Å². The summed E-state index contributed by atoms with van der Waals surface area (Å²) in [4.78, 5) is 2.35. The van der Waals surface area contributed by atoms with E-state index in [1.54, 1.807) is 0 Å². The number of nitrogens with one attached hydrogen (secondary N) is 1. The van der Waals surface area contributed by atoms with E-state index in [0.29, 0.717) is 6.04 Å². The first-order chi connectivity index (χ1) is 6.22. The molecule has 1 aliphatic rings. The van der Waals surface area contributed by atoms with Crippen LogP contribution in [0.15, 0.2) is 0 Å². The molecule has 0 aliphatic carbocycles. The van der Waals surface area contributed by atoms with Crippen molar-refractivity contribution in [1.29, 1.82) is 0 Å². The summed E-state index contributed by atoms with van der Waals surface area (Å²) < 4.78 is 0. The molecule has 2 unspecified atom stereocenters. The van der Waals surface area contributed by atoms with Gasteiger partial charge in [-0.2, -0.15) is 0 Å². The first-order valence-electron chi connectivity index (χ1n) is 5.32. The topological polar surface area (TPSA) is 35.5 Å². The molecule has 2 atom stereocenters. The normalized spacial score (nSPS) is 28.6. The Morgan fingerprint density at radius 1 is 1.54 bits per heavy atom. The molecule has 78 valence electrons. The predicted octanol–water partition coefficient (Wildman–Crippen LogP) is 0.441. The number of β-amino-alcohol motifs (C(OH)–C–C–N with tert-alkyl or cyclic N) is 1. The molecule has 2 N–H and O–H groups in total. The fourth-order valence-corrected chi connectivity index (χ4v) is 1.83. The summed E-state index contributed by atoms with van der Waals surface area (Å²) in [5, 5.41) is 12.6. The Balaban J connectivity index is 2.09. The molecule has 0 aromatic carbocycles. The van der Waals surface area contributed by atoms with Gasteiger partial charge in [-0.15, -0.1) is 0 Å². The van der Waals surface area contributed by atoms with Gasteiger partial charge in [-0.3, -0.25) is 0 Å². The predicted molar refractivity (Wildman–Crippen MR) is 54.8 cm³/mol. The first-order valence-corrected chi connectivity index (χ1v) is 5.32. The molecule has 0 aromatic heterocycles. The van der Waals surface area contributed by atoms with Gasteiger partial charge in [-0.05, 0) is 26.4 Å². The van der Waals surface area contributed by atoms with Gasteiger partial charge in [-0.25, -0.2) is 0 Å². The summed E-state index contributed by atoms with van der Waals surface area (Å²) in [6.07, 6.45) is 3.32. The van der Waals surface area contributed by atoms with Crippen LogP contribution in [0.2, 0.25) is 0 Å². The number of nitrogens with zero attached hydrogens (tertiary/aromatic N) is 1. The average molecular weight is 186 g/mol. The second-order valence-electron chi connectivity index (χ2n) is 4.11. The van der Waals surface area contributed by atoms with Gasteiger partial charge in [0.05, 0.1) is 6.10 Å². The molecule has 3 heteroatoms. The van der Waals surface area contributed by atoms with E-state index in [9.17, 15) is 5.11 Å². The molecule has 1 heterocycles. The maximum Gasteiger partial charge on any atom is 0.0680 e. The second kappa shape index (κ2) is 5.58. The van der Waals surface area contributed by atoms with Crippen molar-refractivity contribution >= 4 is 0 Å². The van der Waals surface area contributed by atoms with Gasteiger partial charge in [0.2, 0.25) is 0 Å². The molecule has 0 radical (unpaired) electrons. The lowest BCUT2D eigenvalue weighted by atomic mass is 10.2. The number of aliphatic hydroxyl groups excluding tert-OH is 1. The van der Waals surface area contributed by atoms with E-state index in [1.807, 2.05) is 0 Å². The Morgan fingerprint density at radius 2 is 2.31 bits per heavy atom. The van der Waals surface area contributed by atoms with Crippen LogP contribution in [0.4, 0.5) is 0 Å². The van der Waals surface area contributed by atoms with Gasteiger partial charge < -0.3 is 15.3 Å². The van der Waals surface area contributed by atoms with Crippen LogP contribution < -0.4 is 5.32 Å². The summed E-state index contributed by atoms with van der Waals surface area (Å²) in [6, 6.07) is 0.497. The van der Waals surface area contributed by atoms with Crippen molar-refractivity contribution in [3.05, 3.63) is 0 Å². The number of aliphatic hydroxyl groups is 1. The Kier molecular flexibility index (Phi) is 4.70. The van der Waals surface area contributed by atoms with Crippen molar-refractivity contribution < 1.29 is 5.11 Å². The minimum Gasteiger partial charge on any atom is -0.392 e. The SMILES string of the molecule is CCCCN(C)CC1CC(O)CN1. The van der Waals surface area contributed by atoms with Crippen LogP contribution in [-0.4, -0.2) is 48.8 Å². The van der Waals surface area contributed by atoms with Crippen LogP contribution in [0.3, 0.4) is 0 Å². The summed E-state index contributed by atoms with van der Waals surface area (Å²) in [5.41, 5.74) is 0. The van der Waals surface area contributed by atoms with Crippen molar-refractivity contribution in [2.24, 2.45) is 0 Å². The zero-order valence-corrected chi connectivity index (χ0v) is 8.79. The minimum atomic E-state index is -0.121. The monoisotopic (exact) mass is 186 g/mol. The van der Waals surface area contributed by atoms with E-state index in [4.69, 9.17) is 0 Å². The van der Waals surface area contributed by atoms with Gasteiger partial charge >= 0.3 is 0 Å². The van der Waals surface area contributed by atoms with E-state index < -0.39 is 0 Å². The maximum atomic E-state index is 9.31. The van der Waals surface area contributed by atoms with Crippen molar-refractivity contribution in [1.82, 2.24) is 10.2 Å². The summed E-state index contributed by atoms with van der Waals surface area (Å²) >= 11 is 0. The van der Waals surface area contributed by atoms with Gasteiger partial charge in [0.1, 0.15) is 0 Å². The molecular formula is C10H22N2O. The first kappa shape index (κ1) is 11.0. The largest absolute Gasteiger partial charge is 0.392 e. The van der Waals surface area contributed by atoms with Crippen LogP contribution in [0, 0.1) is 0 Å². The lowest BCUT2D eigenvalue weighted by molar-refractivity contribution is 0.189. The molecule has 1 rings (SSSR count). The van der Waals surface area contributed by atoms with Crippen LogP contribution in [0.25, 0.3) is 0 Å². The number of hydrogen-bond donors (Lipinski definition) is 2. The molecule has 13 heavy (non-hydrogen) atoms. The second-order valence-corrected chi connectivity index (χ2v) is 4.11. The zero-order chi connectivity index (χ0) is 9.68. The summed E-state index contributed by atoms with van der Waals surface area (Å²) in [6.45, 7) is 5.22. The highest BCUT2D eigenvalue weighted by Crippen LogP contribution is 2.07. The van der Waals surface area contributed by atoms with Crippen molar-refractivity contribution in [2.45, 2.75) is 38.3 Å². The molecule has 0 aromatic rings. The van der Waals surface area contributed by atoms with Gasteiger partial charge in [0.15, 0.2) is 0 Å². The van der Waals surface area contributed by atoms with Crippen molar-refractivity contribution in [2.75, 3.05) is 26.7 Å². The molecule has 1 aliphatic heterocycles. The molecule has 0 saturated carbocycles. The highest BCUT2D eigenvalue weighted by Gasteiger charge is 2.22. The lowest BCUT2D eigenvalue weighted by Crippen LogP contribution is -2.35. The lowest BCUT2D eigenvalue weighted by Gasteiger charge is -2.20. The Hall–Kier alpha value is -0.120. The third kappa shape index (κ3) is 4.07. The standard InChI is InChI=1S/C10H22N2O/c1-3-4-5-12(2)8-9-6-10(13)7-11-9/h9-11,13H,3-8H2,1-2H3. The van der Waals surface area contributed by atoms with Crippen LogP contribution >= 0.6 is 0 Å². The number of hydrogen-bond acceptors (Lipinski definition) is 3.